The van der Waals surface area contributed by atoms with Gasteiger partial charge in [0.05, 0.1) is 5.69 Å². The zero-order chi connectivity index (χ0) is 11.5. The van der Waals surface area contributed by atoms with Gasteiger partial charge in [-0.15, -0.1) is 0 Å². The van der Waals surface area contributed by atoms with Crippen molar-refractivity contribution in [2.24, 2.45) is 0 Å². The molecular weight excluding hydrogens is 208 g/mol. The summed E-state index contributed by atoms with van der Waals surface area (Å²) in [7, 11) is -1.59. The Morgan fingerprint density at radius 1 is 1.06 bits per heavy atom. The van der Waals surface area contributed by atoms with Crippen molar-refractivity contribution in [3.05, 3.63) is 48.4 Å². The third kappa shape index (κ3) is 2.10. The molecule has 1 heterocycles. The average Bonchev–Trinajstić information content (AvgIpc) is 2.30. The Hall–Kier alpha value is -1.72. The van der Waals surface area contributed by atoms with Gasteiger partial charge in [-0.05, 0) is 35.9 Å². The number of nitrogens with zero attached hydrogens (tertiary/aromatic N) is 1. The predicted octanol–water partition coefficient (Wildman–Crippen LogP) is 0.567. The highest BCUT2D eigenvalue weighted by Gasteiger charge is 2.17. The molecule has 0 bridgehead atoms. The van der Waals surface area contributed by atoms with E-state index in [-0.39, 0.29) is 5.82 Å². The Bertz CT molecular complexity index is 488. The molecule has 0 aliphatic carbocycles. The van der Waals surface area contributed by atoms with Crippen molar-refractivity contribution in [1.29, 1.82) is 0 Å². The number of pyridine rings is 1. The molecule has 2 N–H and O–H groups in total. The lowest BCUT2D eigenvalue weighted by Gasteiger charge is -2.07. The van der Waals surface area contributed by atoms with Crippen LogP contribution < -0.4 is 5.46 Å². The summed E-state index contributed by atoms with van der Waals surface area (Å²) in [6.45, 7) is 0. The molecule has 80 valence electrons. The first kappa shape index (κ1) is 10.8. The van der Waals surface area contributed by atoms with Crippen LogP contribution in [0.5, 0.6) is 0 Å². The Morgan fingerprint density at radius 2 is 1.75 bits per heavy atom. The summed E-state index contributed by atoms with van der Waals surface area (Å²) in [6, 6.07) is 8.88. The summed E-state index contributed by atoms with van der Waals surface area (Å²) in [6.07, 6.45) is 1.55. The molecule has 0 saturated carbocycles. The molecule has 0 atom stereocenters. The molecule has 16 heavy (non-hydrogen) atoms. The van der Waals surface area contributed by atoms with Gasteiger partial charge in [0.2, 0.25) is 0 Å². The predicted molar refractivity (Wildman–Crippen MR) is 59.5 cm³/mol. The van der Waals surface area contributed by atoms with Crippen LogP contribution in [0.15, 0.2) is 42.6 Å². The van der Waals surface area contributed by atoms with Crippen molar-refractivity contribution in [2.45, 2.75) is 0 Å². The van der Waals surface area contributed by atoms with E-state index in [1.165, 1.54) is 12.1 Å². The first-order chi connectivity index (χ1) is 7.68. The molecule has 0 saturated heterocycles. The number of aromatic nitrogens is 1. The highest BCUT2D eigenvalue weighted by molar-refractivity contribution is 6.60. The van der Waals surface area contributed by atoms with Crippen LogP contribution in [0.1, 0.15) is 0 Å². The monoisotopic (exact) mass is 217 g/mol. The molecule has 0 unspecified atom stereocenters. The fourth-order valence-corrected chi connectivity index (χ4v) is 1.48. The molecule has 1 aromatic heterocycles. The van der Waals surface area contributed by atoms with E-state index in [0.29, 0.717) is 16.7 Å². The first-order valence-electron chi connectivity index (χ1n) is 4.75. The SMILES string of the molecule is OB(O)c1cccnc1-c1ccc(F)cc1. The molecule has 0 aliphatic rings. The quantitative estimate of drug-likeness (QED) is 0.723. The molecular formula is C11H9BFNO2. The van der Waals surface area contributed by atoms with Crippen molar-refractivity contribution in [2.75, 3.05) is 0 Å². The standard InChI is InChI=1S/C11H9BFNO2/c13-9-5-3-8(4-6-9)11-10(12(15)16)2-1-7-14-11/h1-7,15-16H. The van der Waals surface area contributed by atoms with Gasteiger partial charge >= 0.3 is 7.12 Å². The van der Waals surface area contributed by atoms with Gasteiger partial charge in [-0.1, -0.05) is 6.07 Å². The van der Waals surface area contributed by atoms with E-state index < -0.39 is 7.12 Å². The minimum absolute atomic E-state index is 0.300. The maximum absolute atomic E-state index is 12.7. The van der Waals surface area contributed by atoms with Crippen LogP contribution in [0, 0.1) is 5.82 Å². The van der Waals surface area contributed by atoms with Crippen LogP contribution in [0.3, 0.4) is 0 Å². The molecule has 0 amide bonds. The summed E-state index contributed by atoms with van der Waals surface area (Å²) in [5.74, 6) is -0.342. The zero-order valence-electron chi connectivity index (χ0n) is 8.34. The molecule has 0 radical (unpaired) electrons. The molecule has 0 aliphatic heterocycles. The molecule has 1 aromatic carbocycles. The topological polar surface area (TPSA) is 53.4 Å². The van der Waals surface area contributed by atoms with E-state index in [0.717, 1.165) is 0 Å². The third-order valence-corrected chi connectivity index (χ3v) is 2.23. The van der Waals surface area contributed by atoms with E-state index in [9.17, 15) is 4.39 Å². The summed E-state index contributed by atoms with van der Waals surface area (Å²) in [5.41, 5.74) is 1.39. The molecule has 0 fully saturated rings. The van der Waals surface area contributed by atoms with Gasteiger partial charge in [-0.2, -0.15) is 0 Å². The van der Waals surface area contributed by atoms with Gasteiger partial charge in [0.1, 0.15) is 5.82 Å². The van der Waals surface area contributed by atoms with Gasteiger partial charge in [0, 0.05) is 11.7 Å². The smallest absolute Gasteiger partial charge is 0.423 e. The van der Waals surface area contributed by atoms with Crippen LogP contribution in [-0.4, -0.2) is 22.2 Å². The number of rotatable bonds is 2. The molecule has 3 nitrogen and oxygen atoms in total. The summed E-state index contributed by atoms with van der Waals surface area (Å²) >= 11 is 0. The Labute approximate surface area is 92.4 Å². The lowest BCUT2D eigenvalue weighted by Crippen LogP contribution is -2.32. The first-order valence-corrected chi connectivity index (χ1v) is 4.75. The van der Waals surface area contributed by atoms with Crippen molar-refractivity contribution in [3.63, 3.8) is 0 Å². The third-order valence-electron chi connectivity index (χ3n) is 2.23. The van der Waals surface area contributed by atoms with Crippen molar-refractivity contribution >= 4 is 12.6 Å². The fourth-order valence-electron chi connectivity index (χ4n) is 1.48. The minimum Gasteiger partial charge on any atom is -0.423 e. The maximum atomic E-state index is 12.7. The summed E-state index contributed by atoms with van der Waals surface area (Å²) in [4.78, 5) is 4.06. The molecule has 2 rings (SSSR count). The Morgan fingerprint density at radius 3 is 2.38 bits per heavy atom. The van der Waals surface area contributed by atoms with Gasteiger partial charge in [0.15, 0.2) is 0 Å². The zero-order valence-corrected chi connectivity index (χ0v) is 8.34. The van der Waals surface area contributed by atoms with Gasteiger partial charge in [-0.3, -0.25) is 4.98 Å². The van der Waals surface area contributed by atoms with Crippen molar-refractivity contribution in [1.82, 2.24) is 4.98 Å². The summed E-state index contributed by atoms with van der Waals surface area (Å²) in [5, 5.41) is 18.3. The number of halogens is 1. The number of benzene rings is 1. The second-order valence-electron chi connectivity index (χ2n) is 3.32. The maximum Gasteiger partial charge on any atom is 0.490 e. The fraction of sp³-hybridized carbons (Fsp3) is 0. The van der Waals surface area contributed by atoms with E-state index in [4.69, 9.17) is 10.0 Å². The van der Waals surface area contributed by atoms with Crippen LogP contribution in [0.4, 0.5) is 4.39 Å². The van der Waals surface area contributed by atoms with Crippen LogP contribution in [0.25, 0.3) is 11.3 Å². The second-order valence-corrected chi connectivity index (χ2v) is 3.32. The van der Waals surface area contributed by atoms with Crippen LogP contribution >= 0.6 is 0 Å². The second kappa shape index (κ2) is 4.43. The largest absolute Gasteiger partial charge is 0.490 e. The van der Waals surface area contributed by atoms with E-state index in [1.54, 1.807) is 30.5 Å². The van der Waals surface area contributed by atoms with Gasteiger partial charge < -0.3 is 10.0 Å². The van der Waals surface area contributed by atoms with E-state index in [2.05, 4.69) is 4.98 Å². The minimum atomic E-state index is -1.59. The van der Waals surface area contributed by atoms with E-state index in [1.807, 2.05) is 0 Å². The van der Waals surface area contributed by atoms with E-state index >= 15 is 0 Å². The highest BCUT2D eigenvalue weighted by atomic mass is 19.1. The lowest BCUT2D eigenvalue weighted by molar-refractivity contribution is 0.426. The average molecular weight is 217 g/mol. The number of hydrogen-bond donors (Lipinski definition) is 2. The highest BCUT2D eigenvalue weighted by Crippen LogP contribution is 2.15. The van der Waals surface area contributed by atoms with Crippen LogP contribution in [-0.2, 0) is 0 Å². The van der Waals surface area contributed by atoms with Crippen molar-refractivity contribution < 1.29 is 14.4 Å². The summed E-state index contributed by atoms with van der Waals surface area (Å²) < 4.78 is 12.7. The Balaban J connectivity index is 2.51. The van der Waals surface area contributed by atoms with Crippen LogP contribution in [0.2, 0.25) is 0 Å². The van der Waals surface area contributed by atoms with Gasteiger partial charge in [0.25, 0.3) is 0 Å². The molecule has 0 spiro atoms. The normalized spacial score (nSPS) is 10.2. The van der Waals surface area contributed by atoms with Crippen molar-refractivity contribution in [3.8, 4) is 11.3 Å². The molecule has 2 aromatic rings. The Kier molecular flexibility index (Phi) is 2.98. The molecule has 5 heteroatoms. The number of hydrogen-bond acceptors (Lipinski definition) is 3. The van der Waals surface area contributed by atoms with Gasteiger partial charge in [-0.25, -0.2) is 4.39 Å². The lowest BCUT2D eigenvalue weighted by atomic mass is 9.77.